The van der Waals surface area contributed by atoms with Crippen LogP contribution in [0.25, 0.3) is 0 Å². The first-order chi connectivity index (χ1) is 13.0. The average molecular weight is 368 g/mol. The lowest BCUT2D eigenvalue weighted by Crippen LogP contribution is -2.27. The van der Waals surface area contributed by atoms with Gasteiger partial charge >= 0.3 is 0 Å². The molecule has 2 aromatic carbocycles. The Bertz CT molecular complexity index is 737. The van der Waals surface area contributed by atoms with E-state index < -0.39 is 0 Å². The maximum absolute atomic E-state index is 12.3. The molecule has 0 aliphatic heterocycles. The highest BCUT2D eigenvalue weighted by molar-refractivity contribution is 6.04. The number of hydrogen-bond acceptors (Lipinski definition) is 3. The van der Waals surface area contributed by atoms with Gasteiger partial charge in [0, 0.05) is 24.2 Å². The number of carbonyl (C=O) groups is 2. The third-order valence-corrected chi connectivity index (χ3v) is 3.99. The normalized spacial score (nSPS) is 10.5. The van der Waals surface area contributed by atoms with Crippen LogP contribution in [-0.2, 0) is 11.2 Å². The standard InChI is InChI=1S/C22H28N2O3/c1-4-27-20-12-8-18(9-13-20)22(26)24-19-10-5-17(6-11-19)7-14-21(25)23-15-16(2)3/h5-6,8-13,16H,4,7,14-15H2,1-3H3,(H,23,25)(H,24,26). The molecule has 0 bridgehead atoms. The molecule has 2 amide bonds. The van der Waals surface area contributed by atoms with Crippen LogP contribution in [-0.4, -0.2) is 25.0 Å². The first kappa shape index (κ1) is 20.5. The van der Waals surface area contributed by atoms with Crippen LogP contribution in [0.2, 0.25) is 0 Å². The molecule has 0 aliphatic carbocycles. The van der Waals surface area contributed by atoms with Crippen molar-refractivity contribution in [3.63, 3.8) is 0 Å². The van der Waals surface area contributed by atoms with Gasteiger partial charge in [-0.1, -0.05) is 26.0 Å². The fourth-order valence-electron chi connectivity index (χ4n) is 2.49. The molecule has 5 nitrogen and oxygen atoms in total. The number of benzene rings is 2. The summed E-state index contributed by atoms with van der Waals surface area (Å²) in [7, 11) is 0. The fourth-order valence-corrected chi connectivity index (χ4v) is 2.49. The van der Waals surface area contributed by atoms with Crippen LogP contribution in [0.5, 0.6) is 5.75 Å². The van der Waals surface area contributed by atoms with Gasteiger partial charge in [0.15, 0.2) is 0 Å². The minimum atomic E-state index is -0.168. The maximum atomic E-state index is 12.3. The van der Waals surface area contributed by atoms with Gasteiger partial charge in [0.25, 0.3) is 5.91 Å². The maximum Gasteiger partial charge on any atom is 0.255 e. The fraction of sp³-hybridized carbons (Fsp3) is 0.364. The molecule has 0 saturated heterocycles. The Hall–Kier alpha value is -2.82. The Kier molecular flexibility index (Phi) is 7.86. The van der Waals surface area contributed by atoms with Crippen LogP contribution in [0.3, 0.4) is 0 Å². The van der Waals surface area contributed by atoms with Crippen LogP contribution in [0.15, 0.2) is 48.5 Å². The molecule has 0 aliphatic rings. The zero-order chi connectivity index (χ0) is 19.6. The summed E-state index contributed by atoms with van der Waals surface area (Å²) in [6.45, 7) is 7.36. The summed E-state index contributed by atoms with van der Waals surface area (Å²) >= 11 is 0. The Balaban J connectivity index is 1.84. The monoisotopic (exact) mass is 368 g/mol. The van der Waals surface area contributed by atoms with Gasteiger partial charge in [0.2, 0.25) is 5.91 Å². The van der Waals surface area contributed by atoms with Crippen molar-refractivity contribution >= 4 is 17.5 Å². The van der Waals surface area contributed by atoms with Crippen molar-refractivity contribution in [2.45, 2.75) is 33.6 Å². The van der Waals surface area contributed by atoms with E-state index in [1.54, 1.807) is 24.3 Å². The van der Waals surface area contributed by atoms with Crippen molar-refractivity contribution in [2.75, 3.05) is 18.5 Å². The zero-order valence-corrected chi connectivity index (χ0v) is 16.2. The molecule has 144 valence electrons. The average Bonchev–Trinajstić information content (AvgIpc) is 2.66. The minimum absolute atomic E-state index is 0.0663. The molecule has 0 unspecified atom stereocenters. The molecular weight excluding hydrogens is 340 g/mol. The highest BCUT2D eigenvalue weighted by atomic mass is 16.5. The number of ether oxygens (including phenoxy) is 1. The van der Waals surface area contributed by atoms with Gasteiger partial charge in [-0.25, -0.2) is 0 Å². The summed E-state index contributed by atoms with van der Waals surface area (Å²) < 4.78 is 5.38. The molecule has 2 rings (SSSR count). The van der Waals surface area contributed by atoms with Gasteiger partial charge in [0.1, 0.15) is 5.75 Å². The molecular formula is C22H28N2O3. The predicted octanol–water partition coefficient (Wildman–Crippen LogP) is 4.04. The van der Waals surface area contributed by atoms with Gasteiger partial charge in [0.05, 0.1) is 6.61 Å². The van der Waals surface area contributed by atoms with E-state index in [9.17, 15) is 9.59 Å². The van der Waals surface area contributed by atoms with E-state index in [0.717, 1.165) is 17.0 Å². The topological polar surface area (TPSA) is 67.4 Å². The van der Waals surface area contributed by atoms with Gasteiger partial charge in [-0.05, 0) is 61.2 Å². The summed E-state index contributed by atoms with van der Waals surface area (Å²) in [5.74, 6) is 1.10. The van der Waals surface area contributed by atoms with Crippen LogP contribution in [0, 0.1) is 5.92 Å². The van der Waals surface area contributed by atoms with Crippen molar-refractivity contribution in [1.82, 2.24) is 5.32 Å². The summed E-state index contributed by atoms with van der Waals surface area (Å²) in [4.78, 5) is 24.1. The first-order valence-electron chi connectivity index (χ1n) is 9.37. The van der Waals surface area contributed by atoms with E-state index >= 15 is 0 Å². The highest BCUT2D eigenvalue weighted by Gasteiger charge is 2.07. The van der Waals surface area contributed by atoms with Crippen LogP contribution in [0.1, 0.15) is 43.1 Å². The molecule has 0 saturated carbocycles. The van der Waals surface area contributed by atoms with Gasteiger partial charge in [-0.3, -0.25) is 9.59 Å². The highest BCUT2D eigenvalue weighted by Crippen LogP contribution is 2.15. The van der Waals surface area contributed by atoms with Crippen molar-refractivity contribution < 1.29 is 14.3 Å². The number of anilines is 1. The number of hydrogen-bond donors (Lipinski definition) is 2. The Labute approximate surface area is 161 Å². The van der Waals surface area contributed by atoms with E-state index in [-0.39, 0.29) is 11.8 Å². The second kappa shape index (κ2) is 10.4. The summed E-state index contributed by atoms with van der Waals surface area (Å²) in [6.07, 6.45) is 1.14. The molecule has 0 fully saturated rings. The molecule has 27 heavy (non-hydrogen) atoms. The molecule has 0 aromatic heterocycles. The largest absolute Gasteiger partial charge is 0.494 e. The third kappa shape index (κ3) is 7.13. The van der Waals surface area contributed by atoms with Crippen molar-refractivity contribution in [2.24, 2.45) is 5.92 Å². The van der Waals surface area contributed by atoms with Crippen molar-refractivity contribution in [3.8, 4) is 5.75 Å². The second-order valence-corrected chi connectivity index (χ2v) is 6.81. The van der Waals surface area contributed by atoms with E-state index in [4.69, 9.17) is 4.74 Å². The van der Waals surface area contributed by atoms with Crippen LogP contribution in [0.4, 0.5) is 5.69 Å². The minimum Gasteiger partial charge on any atom is -0.494 e. The second-order valence-electron chi connectivity index (χ2n) is 6.81. The number of nitrogens with one attached hydrogen (secondary N) is 2. The van der Waals surface area contributed by atoms with Gasteiger partial charge < -0.3 is 15.4 Å². The number of rotatable bonds is 9. The Morgan fingerprint density at radius 3 is 2.26 bits per heavy atom. The number of aryl methyl sites for hydroxylation is 1. The zero-order valence-electron chi connectivity index (χ0n) is 16.2. The third-order valence-electron chi connectivity index (χ3n) is 3.99. The van der Waals surface area contributed by atoms with Gasteiger partial charge in [-0.2, -0.15) is 0 Å². The lowest BCUT2D eigenvalue weighted by atomic mass is 10.1. The van der Waals surface area contributed by atoms with Crippen molar-refractivity contribution in [1.29, 1.82) is 0 Å². The molecule has 0 heterocycles. The number of amides is 2. The van der Waals surface area contributed by atoms with E-state index in [1.807, 2.05) is 31.2 Å². The molecule has 0 atom stereocenters. The lowest BCUT2D eigenvalue weighted by Gasteiger charge is -2.09. The molecule has 0 spiro atoms. The summed E-state index contributed by atoms with van der Waals surface area (Å²) in [6, 6.07) is 14.6. The molecule has 2 N–H and O–H groups in total. The predicted molar refractivity (Wildman–Crippen MR) is 108 cm³/mol. The SMILES string of the molecule is CCOc1ccc(C(=O)Nc2ccc(CCC(=O)NCC(C)C)cc2)cc1. The summed E-state index contributed by atoms with van der Waals surface area (Å²) in [5, 5.41) is 5.79. The summed E-state index contributed by atoms with van der Waals surface area (Å²) in [5.41, 5.74) is 2.36. The Morgan fingerprint density at radius 2 is 1.67 bits per heavy atom. The number of carbonyl (C=O) groups excluding carboxylic acids is 2. The van der Waals surface area contributed by atoms with Gasteiger partial charge in [-0.15, -0.1) is 0 Å². The van der Waals surface area contributed by atoms with E-state index in [1.165, 1.54) is 0 Å². The quantitative estimate of drug-likeness (QED) is 0.702. The molecule has 5 heteroatoms. The van der Waals surface area contributed by atoms with E-state index in [0.29, 0.717) is 37.5 Å². The molecule has 2 aromatic rings. The van der Waals surface area contributed by atoms with Crippen LogP contribution >= 0.6 is 0 Å². The van der Waals surface area contributed by atoms with Crippen LogP contribution < -0.4 is 15.4 Å². The van der Waals surface area contributed by atoms with E-state index in [2.05, 4.69) is 24.5 Å². The Morgan fingerprint density at radius 1 is 1.00 bits per heavy atom. The lowest BCUT2D eigenvalue weighted by molar-refractivity contribution is -0.121. The smallest absolute Gasteiger partial charge is 0.255 e. The van der Waals surface area contributed by atoms with Crippen molar-refractivity contribution in [3.05, 3.63) is 59.7 Å². The molecule has 0 radical (unpaired) electrons. The first-order valence-corrected chi connectivity index (χ1v) is 9.37.